The Morgan fingerprint density at radius 2 is 1.94 bits per heavy atom. The van der Waals surface area contributed by atoms with Crippen molar-refractivity contribution in [3.8, 4) is 0 Å². The minimum absolute atomic E-state index is 0.0848. The zero-order valence-electron chi connectivity index (χ0n) is 10.4. The van der Waals surface area contributed by atoms with Crippen molar-refractivity contribution in [3.63, 3.8) is 0 Å². The Labute approximate surface area is 102 Å². The van der Waals surface area contributed by atoms with Gasteiger partial charge >= 0.3 is 6.09 Å². The van der Waals surface area contributed by atoms with Crippen LogP contribution in [0, 0.1) is 0 Å². The normalized spacial score (nSPS) is 9.71. The zero-order chi connectivity index (χ0) is 13.1. The van der Waals surface area contributed by atoms with Crippen molar-refractivity contribution in [2.45, 2.75) is 32.1 Å². The maximum Gasteiger partial charge on any atom is 0.407 e. The van der Waals surface area contributed by atoms with Crippen LogP contribution in [0.4, 0.5) is 4.79 Å². The molecule has 98 valence electrons. The topological polar surface area (TPSA) is 69.6 Å². The third kappa shape index (κ3) is 8.30. The van der Waals surface area contributed by atoms with E-state index in [0.29, 0.717) is 6.54 Å². The first-order valence-corrected chi connectivity index (χ1v) is 5.91. The SMILES string of the molecule is C=CCCCCCCN(CC(=O)NC)C(=O)O. The number of carbonyl (C=O) groups is 2. The highest BCUT2D eigenvalue weighted by atomic mass is 16.4. The average Bonchev–Trinajstić information content (AvgIpc) is 2.31. The quantitative estimate of drug-likeness (QED) is 0.479. The Hall–Kier alpha value is -1.52. The summed E-state index contributed by atoms with van der Waals surface area (Å²) in [5.41, 5.74) is 0. The molecular weight excluding hydrogens is 220 g/mol. The number of likely N-dealkylation sites (N-methyl/N-ethyl adjacent to an activating group) is 1. The summed E-state index contributed by atoms with van der Waals surface area (Å²) in [5, 5.41) is 11.3. The Bertz CT molecular complexity index is 254. The van der Waals surface area contributed by atoms with E-state index in [0.717, 1.165) is 37.0 Å². The molecule has 0 fully saturated rings. The fourth-order valence-corrected chi connectivity index (χ4v) is 1.44. The van der Waals surface area contributed by atoms with Gasteiger partial charge in [-0.1, -0.05) is 18.9 Å². The smallest absolute Gasteiger partial charge is 0.407 e. The van der Waals surface area contributed by atoms with Gasteiger partial charge in [-0.2, -0.15) is 0 Å². The molecule has 0 heterocycles. The summed E-state index contributed by atoms with van der Waals surface area (Å²) in [5.74, 6) is -0.279. The van der Waals surface area contributed by atoms with Crippen LogP contribution in [0.2, 0.25) is 0 Å². The number of unbranched alkanes of at least 4 members (excludes halogenated alkanes) is 4. The van der Waals surface area contributed by atoms with E-state index in [9.17, 15) is 9.59 Å². The van der Waals surface area contributed by atoms with Crippen molar-refractivity contribution in [2.24, 2.45) is 0 Å². The van der Waals surface area contributed by atoms with Crippen molar-refractivity contribution in [1.82, 2.24) is 10.2 Å². The molecule has 0 aliphatic heterocycles. The predicted molar refractivity (Wildman–Crippen MR) is 66.9 cm³/mol. The number of nitrogens with one attached hydrogen (secondary N) is 1. The molecule has 0 saturated heterocycles. The number of hydrogen-bond acceptors (Lipinski definition) is 2. The standard InChI is InChI=1S/C12H22N2O3/c1-3-4-5-6-7-8-9-14(12(16)17)10-11(15)13-2/h3H,1,4-10H2,2H3,(H,13,15)(H,16,17). The van der Waals surface area contributed by atoms with Gasteiger partial charge in [0.05, 0.1) is 0 Å². The van der Waals surface area contributed by atoms with Gasteiger partial charge in [-0.15, -0.1) is 6.58 Å². The van der Waals surface area contributed by atoms with Gasteiger partial charge in [-0.05, 0) is 19.3 Å². The van der Waals surface area contributed by atoms with Crippen LogP contribution in [0.25, 0.3) is 0 Å². The largest absolute Gasteiger partial charge is 0.465 e. The van der Waals surface area contributed by atoms with E-state index >= 15 is 0 Å². The minimum Gasteiger partial charge on any atom is -0.465 e. The molecule has 0 aromatic carbocycles. The summed E-state index contributed by atoms with van der Waals surface area (Å²) in [6, 6.07) is 0. The number of rotatable bonds is 9. The lowest BCUT2D eigenvalue weighted by Crippen LogP contribution is -2.39. The highest BCUT2D eigenvalue weighted by Crippen LogP contribution is 2.04. The van der Waals surface area contributed by atoms with Gasteiger partial charge in [0.1, 0.15) is 6.54 Å². The summed E-state index contributed by atoms with van der Waals surface area (Å²) in [7, 11) is 1.50. The van der Waals surface area contributed by atoms with Crippen LogP contribution in [-0.4, -0.2) is 42.1 Å². The van der Waals surface area contributed by atoms with Crippen LogP contribution in [-0.2, 0) is 4.79 Å². The van der Waals surface area contributed by atoms with Gasteiger partial charge < -0.3 is 10.4 Å². The van der Waals surface area contributed by atoms with E-state index < -0.39 is 6.09 Å². The molecule has 0 aromatic heterocycles. The third-order valence-corrected chi connectivity index (χ3v) is 2.47. The monoisotopic (exact) mass is 242 g/mol. The fraction of sp³-hybridized carbons (Fsp3) is 0.667. The van der Waals surface area contributed by atoms with E-state index in [1.54, 1.807) is 0 Å². The minimum atomic E-state index is -1.04. The molecule has 17 heavy (non-hydrogen) atoms. The lowest BCUT2D eigenvalue weighted by molar-refractivity contribution is -0.121. The molecule has 0 radical (unpaired) electrons. The highest BCUT2D eigenvalue weighted by Gasteiger charge is 2.14. The van der Waals surface area contributed by atoms with Gasteiger partial charge in [-0.25, -0.2) is 4.79 Å². The number of hydrogen-bond donors (Lipinski definition) is 2. The number of carbonyl (C=O) groups excluding carboxylic acids is 1. The Morgan fingerprint density at radius 3 is 2.47 bits per heavy atom. The molecule has 0 unspecified atom stereocenters. The third-order valence-electron chi connectivity index (χ3n) is 2.47. The number of amides is 2. The van der Waals surface area contributed by atoms with Crippen LogP contribution in [0.15, 0.2) is 12.7 Å². The molecule has 0 rings (SSSR count). The maximum absolute atomic E-state index is 11.1. The second-order valence-electron chi connectivity index (χ2n) is 3.87. The molecular formula is C12H22N2O3. The second kappa shape index (κ2) is 9.69. The lowest BCUT2D eigenvalue weighted by Gasteiger charge is -2.17. The molecule has 5 heteroatoms. The first kappa shape index (κ1) is 15.5. The van der Waals surface area contributed by atoms with Crippen molar-refractivity contribution < 1.29 is 14.7 Å². The maximum atomic E-state index is 11.1. The van der Waals surface area contributed by atoms with Crippen molar-refractivity contribution in [2.75, 3.05) is 20.1 Å². The van der Waals surface area contributed by atoms with Gasteiger partial charge in [0.25, 0.3) is 0 Å². The van der Waals surface area contributed by atoms with Crippen LogP contribution < -0.4 is 5.32 Å². The molecule has 0 bridgehead atoms. The van der Waals surface area contributed by atoms with Crippen LogP contribution in [0.1, 0.15) is 32.1 Å². The van der Waals surface area contributed by atoms with E-state index in [1.165, 1.54) is 7.05 Å². The molecule has 0 aliphatic carbocycles. The number of allylic oxidation sites excluding steroid dienone is 1. The summed E-state index contributed by atoms with van der Waals surface area (Å²) < 4.78 is 0. The Balaban J connectivity index is 3.74. The van der Waals surface area contributed by atoms with E-state index in [4.69, 9.17) is 5.11 Å². The van der Waals surface area contributed by atoms with Crippen molar-refractivity contribution in [3.05, 3.63) is 12.7 Å². The first-order chi connectivity index (χ1) is 8.11. The second-order valence-corrected chi connectivity index (χ2v) is 3.87. The highest BCUT2D eigenvalue weighted by molar-refractivity contribution is 5.81. The fourth-order valence-electron chi connectivity index (χ4n) is 1.44. The molecule has 0 aromatic rings. The van der Waals surface area contributed by atoms with Crippen LogP contribution >= 0.6 is 0 Å². The molecule has 0 aliphatic rings. The van der Waals surface area contributed by atoms with Gasteiger partial charge in [0.2, 0.25) is 5.91 Å². The number of nitrogens with zero attached hydrogens (tertiary/aromatic N) is 1. The summed E-state index contributed by atoms with van der Waals surface area (Å²) >= 11 is 0. The Kier molecular flexibility index (Phi) is 8.82. The van der Waals surface area contributed by atoms with Crippen molar-refractivity contribution in [1.29, 1.82) is 0 Å². The van der Waals surface area contributed by atoms with E-state index in [2.05, 4.69) is 11.9 Å². The van der Waals surface area contributed by atoms with E-state index in [1.807, 2.05) is 6.08 Å². The molecule has 0 saturated carbocycles. The predicted octanol–water partition coefficient (Wildman–Crippen LogP) is 1.85. The van der Waals surface area contributed by atoms with E-state index in [-0.39, 0.29) is 12.5 Å². The number of carboxylic acid groups (broad SMARTS) is 1. The molecule has 5 nitrogen and oxygen atoms in total. The molecule has 0 spiro atoms. The van der Waals surface area contributed by atoms with Gasteiger partial charge in [0, 0.05) is 13.6 Å². The zero-order valence-corrected chi connectivity index (χ0v) is 10.4. The summed E-state index contributed by atoms with van der Waals surface area (Å²) in [6.07, 6.45) is 5.77. The van der Waals surface area contributed by atoms with Crippen molar-refractivity contribution >= 4 is 12.0 Å². The first-order valence-electron chi connectivity index (χ1n) is 5.91. The summed E-state index contributed by atoms with van der Waals surface area (Å²) in [4.78, 5) is 23.1. The summed E-state index contributed by atoms with van der Waals surface area (Å²) in [6.45, 7) is 3.97. The Morgan fingerprint density at radius 1 is 1.29 bits per heavy atom. The van der Waals surface area contributed by atoms with Gasteiger partial charge in [0.15, 0.2) is 0 Å². The molecule has 2 N–H and O–H groups in total. The molecule has 0 atom stereocenters. The lowest BCUT2D eigenvalue weighted by atomic mass is 10.1. The van der Waals surface area contributed by atoms with Crippen LogP contribution in [0.3, 0.4) is 0 Å². The van der Waals surface area contributed by atoms with Crippen LogP contribution in [0.5, 0.6) is 0 Å². The molecule has 2 amide bonds. The average molecular weight is 242 g/mol. The van der Waals surface area contributed by atoms with Gasteiger partial charge in [-0.3, -0.25) is 9.69 Å².